The number of rotatable bonds is 6. The summed E-state index contributed by atoms with van der Waals surface area (Å²) >= 11 is 0. The fraction of sp³-hybridized carbons (Fsp3) is 0.267. The number of hydrogen-bond acceptors (Lipinski definition) is 3. The highest BCUT2D eigenvalue weighted by atomic mass is 16.3. The monoisotopic (exact) mass is 258 g/mol. The predicted octanol–water partition coefficient (Wildman–Crippen LogP) is 1.99. The summed E-state index contributed by atoms with van der Waals surface area (Å²) in [5, 5.41) is 5.89. The average Bonchev–Trinajstić information content (AvgIpc) is 2.92. The van der Waals surface area contributed by atoms with Crippen molar-refractivity contribution in [1.29, 1.82) is 0 Å². The Morgan fingerprint density at radius 1 is 1.16 bits per heavy atom. The second-order valence-electron chi connectivity index (χ2n) is 4.45. The number of carbonyl (C=O) groups is 1. The third kappa shape index (κ3) is 4.60. The maximum Gasteiger partial charge on any atom is 0.234 e. The van der Waals surface area contributed by atoms with Gasteiger partial charge in [0.2, 0.25) is 5.91 Å². The zero-order chi connectivity index (χ0) is 13.5. The van der Waals surface area contributed by atoms with E-state index in [-0.39, 0.29) is 5.91 Å². The molecule has 0 aliphatic heterocycles. The molecular formula is C15H18N2O2. The molecule has 0 unspecified atom stereocenters. The Bertz CT molecular complexity index is 503. The summed E-state index contributed by atoms with van der Waals surface area (Å²) in [6, 6.07) is 11.9. The Balaban J connectivity index is 1.65. The molecule has 0 fully saturated rings. The van der Waals surface area contributed by atoms with Gasteiger partial charge in [0.1, 0.15) is 5.76 Å². The number of benzene rings is 1. The fourth-order valence-electron chi connectivity index (χ4n) is 1.69. The van der Waals surface area contributed by atoms with Crippen molar-refractivity contribution in [3.05, 3.63) is 59.5 Å². The van der Waals surface area contributed by atoms with Crippen molar-refractivity contribution in [2.75, 3.05) is 6.54 Å². The molecule has 2 aromatic rings. The molecule has 19 heavy (non-hydrogen) atoms. The largest absolute Gasteiger partial charge is 0.467 e. The molecule has 1 aromatic heterocycles. The van der Waals surface area contributed by atoms with Gasteiger partial charge in [-0.1, -0.05) is 29.8 Å². The van der Waals surface area contributed by atoms with Crippen LogP contribution >= 0.6 is 0 Å². The first-order valence-electron chi connectivity index (χ1n) is 6.29. The molecule has 2 N–H and O–H groups in total. The van der Waals surface area contributed by atoms with E-state index >= 15 is 0 Å². The van der Waals surface area contributed by atoms with Crippen molar-refractivity contribution in [3.63, 3.8) is 0 Å². The van der Waals surface area contributed by atoms with Crippen LogP contribution in [0.2, 0.25) is 0 Å². The summed E-state index contributed by atoms with van der Waals surface area (Å²) in [6.07, 6.45) is 1.59. The van der Waals surface area contributed by atoms with Crippen molar-refractivity contribution in [1.82, 2.24) is 10.6 Å². The Hall–Kier alpha value is -2.07. The van der Waals surface area contributed by atoms with E-state index in [1.807, 2.05) is 6.07 Å². The highest BCUT2D eigenvalue weighted by molar-refractivity contribution is 5.77. The van der Waals surface area contributed by atoms with Crippen LogP contribution in [0, 0.1) is 6.92 Å². The molecule has 4 heteroatoms. The predicted molar refractivity (Wildman–Crippen MR) is 73.4 cm³/mol. The SMILES string of the molecule is Cc1ccc(CNCC(=O)NCc2ccco2)cc1. The van der Waals surface area contributed by atoms with Crippen LogP contribution in [0.1, 0.15) is 16.9 Å². The molecule has 1 heterocycles. The van der Waals surface area contributed by atoms with Gasteiger partial charge in [0, 0.05) is 6.54 Å². The van der Waals surface area contributed by atoms with Gasteiger partial charge in [-0.3, -0.25) is 4.79 Å². The van der Waals surface area contributed by atoms with E-state index in [0.29, 0.717) is 19.6 Å². The van der Waals surface area contributed by atoms with Crippen molar-refractivity contribution in [2.45, 2.75) is 20.0 Å². The molecule has 0 aliphatic carbocycles. The Morgan fingerprint density at radius 2 is 1.95 bits per heavy atom. The van der Waals surface area contributed by atoms with Gasteiger partial charge in [0.25, 0.3) is 0 Å². The summed E-state index contributed by atoms with van der Waals surface area (Å²) in [7, 11) is 0. The lowest BCUT2D eigenvalue weighted by molar-refractivity contribution is -0.120. The van der Waals surface area contributed by atoms with Crippen LogP contribution in [0.25, 0.3) is 0 Å². The molecule has 0 spiro atoms. The van der Waals surface area contributed by atoms with Crippen LogP contribution in [0.3, 0.4) is 0 Å². The van der Waals surface area contributed by atoms with Crippen LogP contribution < -0.4 is 10.6 Å². The Kier molecular flexibility index (Phi) is 4.75. The van der Waals surface area contributed by atoms with Crippen molar-refractivity contribution < 1.29 is 9.21 Å². The van der Waals surface area contributed by atoms with Crippen LogP contribution in [-0.4, -0.2) is 12.5 Å². The number of nitrogens with one attached hydrogen (secondary N) is 2. The normalized spacial score (nSPS) is 10.4. The van der Waals surface area contributed by atoms with Crippen molar-refractivity contribution in [2.24, 2.45) is 0 Å². The summed E-state index contributed by atoms with van der Waals surface area (Å²) in [6.45, 7) is 3.47. The van der Waals surface area contributed by atoms with Crippen molar-refractivity contribution in [3.8, 4) is 0 Å². The number of furan rings is 1. The molecule has 0 saturated heterocycles. The lowest BCUT2D eigenvalue weighted by Crippen LogP contribution is -2.33. The van der Waals surface area contributed by atoms with Gasteiger partial charge < -0.3 is 15.1 Å². The summed E-state index contributed by atoms with van der Waals surface area (Å²) in [5.41, 5.74) is 2.41. The van der Waals surface area contributed by atoms with Gasteiger partial charge >= 0.3 is 0 Å². The first kappa shape index (κ1) is 13.4. The second-order valence-corrected chi connectivity index (χ2v) is 4.45. The first-order valence-corrected chi connectivity index (χ1v) is 6.29. The molecule has 0 aliphatic rings. The molecular weight excluding hydrogens is 240 g/mol. The van der Waals surface area contributed by atoms with Gasteiger partial charge in [0.15, 0.2) is 0 Å². The summed E-state index contributed by atoms with van der Waals surface area (Å²) < 4.78 is 5.13. The van der Waals surface area contributed by atoms with Crippen LogP contribution in [0.4, 0.5) is 0 Å². The topological polar surface area (TPSA) is 54.3 Å². The second kappa shape index (κ2) is 6.75. The first-order chi connectivity index (χ1) is 9.24. The lowest BCUT2D eigenvalue weighted by Gasteiger charge is -2.06. The number of carbonyl (C=O) groups excluding carboxylic acids is 1. The minimum Gasteiger partial charge on any atom is -0.467 e. The maximum absolute atomic E-state index is 11.6. The van der Waals surface area contributed by atoms with E-state index in [9.17, 15) is 4.79 Å². The minimum atomic E-state index is -0.0384. The molecule has 0 radical (unpaired) electrons. The molecule has 1 amide bonds. The minimum absolute atomic E-state index is 0.0384. The van der Waals surface area contributed by atoms with Gasteiger partial charge in [-0.25, -0.2) is 0 Å². The third-order valence-corrected chi connectivity index (χ3v) is 2.78. The average molecular weight is 258 g/mol. The van der Waals surface area contributed by atoms with E-state index in [1.54, 1.807) is 12.3 Å². The molecule has 0 atom stereocenters. The van der Waals surface area contributed by atoms with E-state index in [2.05, 4.69) is 41.8 Å². The number of hydrogen-bond donors (Lipinski definition) is 2. The highest BCUT2D eigenvalue weighted by Gasteiger charge is 2.02. The van der Waals surface area contributed by atoms with Crippen LogP contribution in [-0.2, 0) is 17.9 Å². The molecule has 4 nitrogen and oxygen atoms in total. The van der Waals surface area contributed by atoms with Crippen LogP contribution in [0.15, 0.2) is 47.1 Å². The lowest BCUT2D eigenvalue weighted by atomic mass is 10.1. The van der Waals surface area contributed by atoms with Gasteiger partial charge in [-0.2, -0.15) is 0 Å². The summed E-state index contributed by atoms with van der Waals surface area (Å²) in [5.74, 6) is 0.718. The molecule has 0 saturated carbocycles. The number of amides is 1. The zero-order valence-corrected chi connectivity index (χ0v) is 11.0. The standard InChI is InChI=1S/C15H18N2O2/c1-12-4-6-13(7-5-12)9-16-11-15(18)17-10-14-3-2-8-19-14/h2-8,16H,9-11H2,1H3,(H,17,18). The zero-order valence-electron chi connectivity index (χ0n) is 11.0. The molecule has 2 rings (SSSR count). The molecule has 1 aromatic carbocycles. The molecule has 100 valence electrons. The molecule has 0 bridgehead atoms. The Labute approximate surface area is 112 Å². The summed E-state index contributed by atoms with van der Waals surface area (Å²) in [4.78, 5) is 11.6. The van der Waals surface area contributed by atoms with Crippen molar-refractivity contribution >= 4 is 5.91 Å². The van der Waals surface area contributed by atoms with Gasteiger partial charge in [0.05, 0.1) is 19.4 Å². The van der Waals surface area contributed by atoms with Gasteiger partial charge in [-0.15, -0.1) is 0 Å². The quantitative estimate of drug-likeness (QED) is 0.833. The van der Waals surface area contributed by atoms with E-state index in [4.69, 9.17) is 4.42 Å². The fourth-order valence-corrected chi connectivity index (χ4v) is 1.69. The van der Waals surface area contributed by atoms with E-state index in [1.165, 1.54) is 11.1 Å². The van der Waals surface area contributed by atoms with E-state index in [0.717, 1.165) is 5.76 Å². The highest BCUT2D eigenvalue weighted by Crippen LogP contribution is 2.02. The third-order valence-electron chi connectivity index (χ3n) is 2.78. The van der Waals surface area contributed by atoms with Gasteiger partial charge in [-0.05, 0) is 24.6 Å². The maximum atomic E-state index is 11.6. The number of aryl methyl sites for hydroxylation is 1. The van der Waals surface area contributed by atoms with Crippen LogP contribution in [0.5, 0.6) is 0 Å². The Morgan fingerprint density at radius 3 is 2.63 bits per heavy atom. The van der Waals surface area contributed by atoms with E-state index < -0.39 is 0 Å². The smallest absolute Gasteiger partial charge is 0.234 e.